The zero-order chi connectivity index (χ0) is 14.8. The van der Waals surface area contributed by atoms with E-state index in [9.17, 15) is 13.2 Å². The average molecular weight is 315 g/mol. The van der Waals surface area contributed by atoms with E-state index in [-0.39, 0.29) is 16.8 Å². The monoisotopic (exact) mass is 315 g/mol. The van der Waals surface area contributed by atoms with Crippen LogP contribution in [-0.2, 0) is 14.8 Å². The summed E-state index contributed by atoms with van der Waals surface area (Å²) in [4.78, 5) is 11.0. The molecule has 2 N–H and O–H groups in total. The molecule has 0 saturated heterocycles. The Balaban J connectivity index is 2.39. The molecule has 0 saturated carbocycles. The number of nitrogens with one attached hydrogen (secondary N) is 1. The van der Waals surface area contributed by atoms with Gasteiger partial charge in [-0.2, -0.15) is 13.5 Å². The molecule has 2 aromatic rings. The summed E-state index contributed by atoms with van der Waals surface area (Å²) in [6.07, 6.45) is 0.780. The summed E-state index contributed by atoms with van der Waals surface area (Å²) < 4.78 is 34.7. The van der Waals surface area contributed by atoms with Crippen LogP contribution in [0.1, 0.15) is 19.8 Å². The molecule has 0 unspecified atom stereocenters. The van der Waals surface area contributed by atoms with E-state index in [2.05, 4.69) is 13.5 Å². The van der Waals surface area contributed by atoms with Crippen molar-refractivity contribution in [3.8, 4) is 0 Å². The van der Waals surface area contributed by atoms with Gasteiger partial charge in [-0.05, 0) is 18.6 Å². The summed E-state index contributed by atoms with van der Waals surface area (Å²) in [5.74, 6) is -1.20. The number of hydrogen-bond acceptors (Lipinski definition) is 6. The molecule has 0 radical (unpaired) electrons. The summed E-state index contributed by atoms with van der Waals surface area (Å²) >= 11 is 0.910. The average Bonchev–Trinajstić information content (AvgIpc) is 2.85. The highest BCUT2D eigenvalue weighted by atomic mass is 32.2. The van der Waals surface area contributed by atoms with Gasteiger partial charge in [0.25, 0.3) is 0 Å². The van der Waals surface area contributed by atoms with Gasteiger partial charge in [0.2, 0.25) is 10.0 Å². The minimum atomic E-state index is -3.95. The number of sulfonamides is 1. The van der Waals surface area contributed by atoms with Gasteiger partial charge in [-0.1, -0.05) is 19.4 Å². The Bertz CT molecular complexity index is 726. The number of fused-ring (bicyclic) bond motifs is 1. The summed E-state index contributed by atoms with van der Waals surface area (Å²) in [5, 5.41) is 9.04. The van der Waals surface area contributed by atoms with Crippen LogP contribution in [0.3, 0.4) is 0 Å². The molecule has 7 nitrogen and oxygen atoms in total. The Labute approximate surface area is 120 Å². The largest absolute Gasteiger partial charge is 0.480 e. The van der Waals surface area contributed by atoms with Crippen molar-refractivity contribution in [2.75, 3.05) is 0 Å². The van der Waals surface area contributed by atoms with Crippen molar-refractivity contribution in [3.05, 3.63) is 18.2 Å². The lowest BCUT2D eigenvalue weighted by Gasteiger charge is -2.13. The zero-order valence-electron chi connectivity index (χ0n) is 10.6. The molecule has 0 aliphatic carbocycles. The van der Waals surface area contributed by atoms with Crippen LogP contribution < -0.4 is 4.72 Å². The van der Waals surface area contributed by atoms with Crippen molar-refractivity contribution in [2.45, 2.75) is 30.7 Å². The number of aliphatic carboxylic acids is 1. The van der Waals surface area contributed by atoms with E-state index in [0.717, 1.165) is 11.7 Å². The Morgan fingerprint density at radius 2 is 2.20 bits per heavy atom. The van der Waals surface area contributed by atoms with E-state index < -0.39 is 22.0 Å². The van der Waals surface area contributed by atoms with E-state index >= 15 is 0 Å². The van der Waals surface area contributed by atoms with E-state index in [0.29, 0.717) is 11.9 Å². The van der Waals surface area contributed by atoms with Crippen LogP contribution in [0.25, 0.3) is 11.0 Å². The highest BCUT2D eigenvalue weighted by molar-refractivity contribution is 7.89. The zero-order valence-corrected chi connectivity index (χ0v) is 12.2. The summed E-state index contributed by atoms with van der Waals surface area (Å²) in [5.41, 5.74) is 0.728. The lowest BCUT2D eigenvalue weighted by Crippen LogP contribution is -2.40. The van der Waals surface area contributed by atoms with Crippen LogP contribution >= 0.6 is 11.7 Å². The second kappa shape index (κ2) is 5.81. The minimum Gasteiger partial charge on any atom is -0.480 e. The number of benzene rings is 1. The Morgan fingerprint density at radius 3 is 2.85 bits per heavy atom. The van der Waals surface area contributed by atoms with Crippen molar-refractivity contribution in [1.82, 2.24) is 13.5 Å². The number of carbonyl (C=O) groups is 1. The molecule has 2 rings (SSSR count). The third-order valence-corrected chi connectivity index (χ3v) is 4.76. The fraction of sp³-hybridized carbons (Fsp3) is 0.364. The smallest absolute Gasteiger partial charge is 0.321 e. The first-order chi connectivity index (χ1) is 9.45. The lowest BCUT2D eigenvalue weighted by molar-refractivity contribution is -0.139. The molecule has 1 atom stereocenters. The molecule has 9 heteroatoms. The third kappa shape index (κ3) is 2.94. The number of hydrogen-bond donors (Lipinski definition) is 2. The van der Waals surface area contributed by atoms with Crippen LogP contribution in [0, 0.1) is 0 Å². The topological polar surface area (TPSA) is 109 Å². The number of carboxylic acid groups (broad SMARTS) is 1. The first-order valence-corrected chi connectivity index (χ1v) is 8.13. The summed E-state index contributed by atoms with van der Waals surface area (Å²) in [6, 6.07) is 3.44. The van der Waals surface area contributed by atoms with Crippen molar-refractivity contribution in [2.24, 2.45) is 0 Å². The second-order valence-electron chi connectivity index (χ2n) is 4.19. The van der Waals surface area contributed by atoms with Gasteiger partial charge < -0.3 is 5.11 Å². The van der Waals surface area contributed by atoms with Crippen LogP contribution in [0.15, 0.2) is 23.1 Å². The molecule has 1 aromatic heterocycles. The standard InChI is InChI=1S/C11H13N3O4S2/c1-2-4-8(11(15)16)14-20(17,18)9-6-3-5-7-10(9)13-19-12-7/h3,5-6,8,14H,2,4H2,1H3,(H,15,16)/t8-/m1/s1. The normalized spacial score (nSPS) is 13.4. The molecule has 0 amide bonds. The second-order valence-corrected chi connectivity index (χ2v) is 6.40. The van der Waals surface area contributed by atoms with Crippen molar-refractivity contribution in [1.29, 1.82) is 0 Å². The van der Waals surface area contributed by atoms with Crippen LogP contribution in [0.5, 0.6) is 0 Å². The third-order valence-electron chi connectivity index (χ3n) is 2.71. The number of aromatic nitrogens is 2. The van der Waals surface area contributed by atoms with E-state index in [1.807, 2.05) is 0 Å². The van der Waals surface area contributed by atoms with E-state index in [1.165, 1.54) is 6.07 Å². The highest BCUT2D eigenvalue weighted by Crippen LogP contribution is 2.21. The Hall–Kier alpha value is -1.58. The predicted molar refractivity (Wildman–Crippen MR) is 74.1 cm³/mol. The molecule has 108 valence electrons. The molecule has 0 fully saturated rings. The molecular formula is C11H13N3O4S2. The maximum absolute atomic E-state index is 12.3. The Morgan fingerprint density at radius 1 is 1.45 bits per heavy atom. The van der Waals surface area contributed by atoms with Gasteiger partial charge in [0.15, 0.2) is 0 Å². The molecule has 0 aliphatic rings. The fourth-order valence-corrected chi connectivity index (χ4v) is 3.76. The van der Waals surface area contributed by atoms with Crippen LogP contribution in [0.4, 0.5) is 0 Å². The first-order valence-electron chi connectivity index (χ1n) is 5.92. The lowest BCUT2D eigenvalue weighted by atomic mass is 10.2. The molecule has 1 aromatic carbocycles. The maximum atomic E-state index is 12.3. The quantitative estimate of drug-likeness (QED) is 0.829. The van der Waals surface area contributed by atoms with Gasteiger partial charge in [0.1, 0.15) is 22.0 Å². The number of nitrogens with zero attached hydrogens (tertiary/aromatic N) is 2. The van der Waals surface area contributed by atoms with Gasteiger partial charge in [0.05, 0.1) is 11.7 Å². The van der Waals surface area contributed by atoms with E-state index in [4.69, 9.17) is 5.11 Å². The van der Waals surface area contributed by atoms with Gasteiger partial charge >= 0.3 is 5.97 Å². The van der Waals surface area contributed by atoms with Gasteiger partial charge in [0, 0.05) is 0 Å². The van der Waals surface area contributed by atoms with E-state index in [1.54, 1.807) is 19.1 Å². The molecule has 0 bridgehead atoms. The van der Waals surface area contributed by atoms with Crippen LogP contribution in [0.2, 0.25) is 0 Å². The summed E-state index contributed by atoms with van der Waals surface area (Å²) in [6.45, 7) is 1.79. The molecule has 0 aliphatic heterocycles. The molecular weight excluding hydrogens is 302 g/mol. The highest BCUT2D eigenvalue weighted by Gasteiger charge is 2.26. The van der Waals surface area contributed by atoms with Crippen molar-refractivity contribution < 1.29 is 18.3 Å². The van der Waals surface area contributed by atoms with Crippen molar-refractivity contribution >= 4 is 38.8 Å². The first kappa shape index (κ1) is 14.8. The molecule has 1 heterocycles. The molecule has 20 heavy (non-hydrogen) atoms. The van der Waals surface area contributed by atoms with Gasteiger partial charge in [-0.3, -0.25) is 4.79 Å². The number of rotatable bonds is 6. The Kier molecular flexibility index (Phi) is 4.31. The van der Waals surface area contributed by atoms with Crippen molar-refractivity contribution in [3.63, 3.8) is 0 Å². The van der Waals surface area contributed by atoms with Crippen LogP contribution in [-0.4, -0.2) is 34.3 Å². The summed E-state index contributed by atoms with van der Waals surface area (Å²) in [7, 11) is -3.95. The molecule has 0 spiro atoms. The van der Waals surface area contributed by atoms with Gasteiger partial charge in [-0.15, -0.1) is 0 Å². The SMILES string of the molecule is CCC[C@@H](NS(=O)(=O)c1cccc2nsnc12)C(=O)O. The predicted octanol–water partition coefficient (Wildman–Crippen LogP) is 1.22. The fourth-order valence-electron chi connectivity index (χ4n) is 1.77. The van der Waals surface area contributed by atoms with Gasteiger partial charge in [-0.25, -0.2) is 8.42 Å². The maximum Gasteiger partial charge on any atom is 0.321 e. The minimum absolute atomic E-state index is 0.0499. The number of carboxylic acids is 1.